The number of ether oxygens (including phenoxy) is 2. The topological polar surface area (TPSA) is 50.8 Å². The SMILES string of the molecule is CCCCOc1ccc(CNC(=O)N2c3ccccc3Sc3ccccc32)cc1OC. The molecule has 0 radical (unpaired) electrons. The van der Waals surface area contributed by atoms with Gasteiger partial charge in [0, 0.05) is 16.3 Å². The van der Waals surface area contributed by atoms with E-state index < -0.39 is 0 Å². The fourth-order valence-electron chi connectivity index (χ4n) is 3.45. The van der Waals surface area contributed by atoms with Crippen molar-refractivity contribution in [3.63, 3.8) is 0 Å². The summed E-state index contributed by atoms with van der Waals surface area (Å²) in [7, 11) is 1.63. The number of methoxy groups -OCH3 is 1. The molecular formula is C25H26N2O3S. The molecule has 6 heteroatoms. The normalized spacial score (nSPS) is 12.0. The van der Waals surface area contributed by atoms with Gasteiger partial charge >= 0.3 is 6.03 Å². The lowest BCUT2D eigenvalue weighted by Crippen LogP contribution is -2.37. The first-order valence-corrected chi connectivity index (χ1v) is 11.3. The lowest BCUT2D eigenvalue weighted by molar-refractivity contribution is 0.248. The third-order valence-corrected chi connectivity index (χ3v) is 6.19. The minimum Gasteiger partial charge on any atom is -0.493 e. The number of urea groups is 1. The zero-order chi connectivity index (χ0) is 21.6. The Balaban J connectivity index is 1.51. The predicted octanol–water partition coefficient (Wildman–Crippen LogP) is 6.39. The molecule has 4 rings (SSSR count). The molecule has 31 heavy (non-hydrogen) atoms. The molecule has 5 nitrogen and oxygen atoms in total. The van der Waals surface area contributed by atoms with Gasteiger partial charge in [0.15, 0.2) is 11.5 Å². The van der Waals surface area contributed by atoms with Gasteiger partial charge < -0.3 is 14.8 Å². The smallest absolute Gasteiger partial charge is 0.326 e. The van der Waals surface area contributed by atoms with Crippen molar-refractivity contribution >= 4 is 29.2 Å². The molecule has 2 amide bonds. The van der Waals surface area contributed by atoms with Crippen LogP contribution in [0, 0.1) is 0 Å². The van der Waals surface area contributed by atoms with Crippen LogP contribution in [0.4, 0.5) is 16.2 Å². The number of carbonyl (C=O) groups excluding carboxylic acids is 1. The van der Waals surface area contributed by atoms with Crippen LogP contribution in [-0.2, 0) is 6.54 Å². The Morgan fingerprint density at radius 3 is 2.29 bits per heavy atom. The van der Waals surface area contributed by atoms with Gasteiger partial charge in [-0.25, -0.2) is 4.79 Å². The van der Waals surface area contributed by atoms with E-state index in [9.17, 15) is 4.79 Å². The molecule has 0 saturated heterocycles. The zero-order valence-electron chi connectivity index (χ0n) is 17.8. The fraction of sp³-hybridized carbons (Fsp3) is 0.240. The van der Waals surface area contributed by atoms with E-state index in [0.29, 0.717) is 18.9 Å². The molecule has 0 bridgehead atoms. The van der Waals surface area contributed by atoms with E-state index in [1.165, 1.54) is 0 Å². The number of benzene rings is 3. The number of unbranched alkanes of at least 4 members (excludes halogenated alkanes) is 1. The predicted molar refractivity (Wildman–Crippen MR) is 125 cm³/mol. The van der Waals surface area contributed by atoms with Gasteiger partial charge in [-0.15, -0.1) is 0 Å². The maximum atomic E-state index is 13.2. The molecule has 0 saturated carbocycles. The van der Waals surface area contributed by atoms with E-state index in [2.05, 4.69) is 12.2 Å². The number of hydrogen-bond acceptors (Lipinski definition) is 4. The van der Waals surface area contributed by atoms with Gasteiger partial charge in [-0.05, 0) is 48.4 Å². The highest BCUT2D eigenvalue weighted by Crippen LogP contribution is 2.47. The molecule has 0 fully saturated rings. The number of hydrogen-bond donors (Lipinski definition) is 1. The van der Waals surface area contributed by atoms with Crippen LogP contribution in [0.1, 0.15) is 25.3 Å². The summed E-state index contributed by atoms with van der Waals surface area (Å²) in [5.41, 5.74) is 2.72. The van der Waals surface area contributed by atoms with E-state index in [1.807, 2.05) is 66.7 Å². The summed E-state index contributed by atoms with van der Waals surface area (Å²) in [6.45, 7) is 3.18. The van der Waals surface area contributed by atoms with E-state index in [4.69, 9.17) is 9.47 Å². The maximum absolute atomic E-state index is 13.2. The van der Waals surface area contributed by atoms with E-state index in [1.54, 1.807) is 23.8 Å². The van der Waals surface area contributed by atoms with Gasteiger partial charge in [-0.2, -0.15) is 0 Å². The number of para-hydroxylation sites is 2. The summed E-state index contributed by atoms with van der Waals surface area (Å²) in [5, 5.41) is 3.05. The van der Waals surface area contributed by atoms with Crippen LogP contribution in [0.3, 0.4) is 0 Å². The van der Waals surface area contributed by atoms with Crippen LogP contribution in [0.5, 0.6) is 11.5 Å². The highest BCUT2D eigenvalue weighted by Gasteiger charge is 2.27. The summed E-state index contributed by atoms with van der Waals surface area (Å²) in [4.78, 5) is 17.1. The Labute approximate surface area is 187 Å². The maximum Gasteiger partial charge on any atom is 0.326 e. The highest BCUT2D eigenvalue weighted by molar-refractivity contribution is 7.99. The quantitative estimate of drug-likeness (QED) is 0.438. The molecule has 1 N–H and O–H groups in total. The molecule has 0 atom stereocenters. The van der Waals surface area contributed by atoms with Crippen LogP contribution in [0.25, 0.3) is 0 Å². The van der Waals surface area contributed by atoms with Gasteiger partial charge in [0.1, 0.15) is 0 Å². The Morgan fingerprint density at radius 2 is 1.65 bits per heavy atom. The molecule has 1 aliphatic heterocycles. The van der Waals surface area contributed by atoms with Gasteiger partial charge in [-0.1, -0.05) is 55.4 Å². The first-order valence-electron chi connectivity index (χ1n) is 10.4. The third-order valence-electron chi connectivity index (χ3n) is 5.06. The first kappa shape index (κ1) is 21.1. The van der Waals surface area contributed by atoms with Crippen molar-refractivity contribution in [2.24, 2.45) is 0 Å². The lowest BCUT2D eigenvalue weighted by Gasteiger charge is -2.31. The van der Waals surface area contributed by atoms with Crippen LogP contribution in [0.2, 0.25) is 0 Å². The van der Waals surface area contributed by atoms with Crippen LogP contribution in [-0.4, -0.2) is 19.7 Å². The summed E-state index contributed by atoms with van der Waals surface area (Å²) in [5.74, 6) is 1.40. The molecule has 0 unspecified atom stereocenters. The highest BCUT2D eigenvalue weighted by atomic mass is 32.2. The zero-order valence-corrected chi connectivity index (χ0v) is 18.6. The number of nitrogens with zero attached hydrogens (tertiary/aromatic N) is 1. The summed E-state index contributed by atoms with van der Waals surface area (Å²) < 4.78 is 11.3. The second-order valence-corrected chi connectivity index (χ2v) is 8.30. The molecule has 3 aromatic carbocycles. The van der Waals surface area contributed by atoms with Crippen LogP contribution in [0.15, 0.2) is 76.5 Å². The first-order chi connectivity index (χ1) is 15.2. The molecule has 0 aliphatic carbocycles. The van der Waals surface area contributed by atoms with Crippen molar-refractivity contribution < 1.29 is 14.3 Å². The molecule has 0 spiro atoms. The lowest BCUT2D eigenvalue weighted by atomic mass is 10.2. The average Bonchev–Trinajstić information content (AvgIpc) is 2.81. The Hall–Kier alpha value is -3.12. The van der Waals surface area contributed by atoms with E-state index in [-0.39, 0.29) is 6.03 Å². The number of amides is 2. The van der Waals surface area contributed by atoms with Crippen molar-refractivity contribution in [3.05, 3.63) is 72.3 Å². The molecule has 1 aliphatic rings. The fourth-order valence-corrected chi connectivity index (χ4v) is 4.51. The molecule has 0 aromatic heterocycles. The van der Waals surface area contributed by atoms with Crippen molar-refractivity contribution in [1.29, 1.82) is 0 Å². The van der Waals surface area contributed by atoms with Gasteiger partial charge in [0.25, 0.3) is 0 Å². The summed E-state index contributed by atoms with van der Waals surface area (Å²) in [6, 6.07) is 21.5. The van der Waals surface area contributed by atoms with Gasteiger partial charge in [0.05, 0.1) is 25.1 Å². The summed E-state index contributed by atoms with van der Waals surface area (Å²) in [6.07, 6.45) is 2.08. The van der Waals surface area contributed by atoms with Crippen molar-refractivity contribution in [2.75, 3.05) is 18.6 Å². The number of carbonyl (C=O) groups is 1. The molecule has 160 valence electrons. The minimum absolute atomic E-state index is 0.164. The van der Waals surface area contributed by atoms with E-state index >= 15 is 0 Å². The standard InChI is InChI=1S/C25H26N2O3S/c1-3-4-15-30-21-14-13-18(16-22(21)29-2)17-26-25(28)27-19-9-5-7-11-23(19)31-24-12-8-6-10-20(24)27/h5-14,16H,3-4,15,17H2,1-2H3,(H,26,28). The molecule has 3 aromatic rings. The Morgan fingerprint density at radius 1 is 0.968 bits per heavy atom. The third kappa shape index (κ3) is 4.64. The number of rotatable bonds is 7. The van der Waals surface area contributed by atoms with Gasteiger partial charge in [0.2, 0.25) is 0 Å². The molecular weight excluding hydrogens is 408 g/mol. The Bertz CT molecular complexity index is 1020. The monoisotopic (exact) mass is 434 g/mol. The average molecular weight is 435 g/mol. The second-order valence-electron chi connectivity index (χ2n) is 7.22. The van der Waals surface area contributed by atoms with Crippen molar-refractivity contribution in [1.82, 2.24) is 5.32 Å². The summed E-state index contributed by atoms with van der Waals surface area (Å²) >= 11 is 1.68. The van der Waals surface area contributed by atoms with Crippen LogP contribution >= 0.6 is 11.8 Å². The second kappa shape index (κ2) is 9.79. The number of anilines is 2. The van der Waals surface area contributed by atoms with Crippen molar-refractivity contribution in [3.8, 4) is 11.5 Å². The molecule has 1 heterocycles. The Kier molecular flexibility index (Phi) is 6.67. The van der Waals surface area contributed by atoms with Crippen molar-refractivity contribution in [2.45, 2.75) is 36.1 Å². The number of nitrogens with one attached hydrogen (secondary N) is 1. The minimum atomic E-state index is -0.164. The number of fused-ring (bicyclic) bond motifs is 2. The largest absolute Gasteiger partial charge is 0.493 e. The van der Waals surface area contributed by atoms with E-state index in [0.717, 1.165) is 45.3 Å². The van der Waals surface area contributed by atoms with Gasteiger partial charge in [-0.3, -0.25) is 4.90 Å². The van der Waals surface area contributed by atoms with Crippen LogP contribution < -0.4 is 19.7 Å².